The van der Waals surface area contributed by atoms with Crippen LogP contribution < -0.4 is 5.32 Å². The fourth-order valence-electron chi connectivity index (χ4n) is 3.69. The summed E-state index contributed by atoms with van der Waals surface area (Å²) in [4.78, 5) is 15.1. The van der Waals surface area contributed by atoms with E-state index in [1.165, 1.54) is 6.07 Å². The second-order valence-electron chi connectivity index (χ2n) is 6.75. The Balaban J connectivity index is 0.00000243. The molecule has 0 saturated carbocycles. The number of benzene rings is 1. The molecule has 1 aromatic carbocycles. The quantitative estimate of drug-likeness (QED) is 0.834. The largest absolute Gasteiger partial charge is 0.384 e. The Morgan fingerprint density at radius 1 is 1.46 bits per heavy atom. The number of morpholine rings is 1. The van der Waals surface area contributed by atoms with E-state index in [9.17, 15) is 9.18 Å². The number of hydrogen-bond acceptors (Lipinski definition) is 4. The summed E-state index contributed by atoms with van der Waals surface area (Å²) < 4.78 is 24.6. The van der Waals surface area contributed by atoms with E-state index in [1.807, 2.05) is 4.90 Å². The first-order valence-electron chi connectivity index (χ1n) is 8.61. The van der Waals surface area contributed by atoms with E-state index in [-0.39, 0.29) is 29.4 Å². The van der Waals surface area contributed by atoms with Gasteiger partial charge in [-0.15, -0.1) is 12.4 Å². The number of carbonyl (C=O) groups excluding carboxylic acids is 1. The molecule has 26 heavy (non-hydrogen) atoms. The molecule has 2 saturated heterocycles. The van der Waals surface area contributed by atoms with Crippen LogP contribution in [0.4, 0.5) is 4.39 Å². The molecule has 0 aromatic heterocycles. The Hall–Kier alpha value is -0.920. The van der Waals surface area contributed by atoms with Crippen molar-refractivity contribution in [3.05, 3.63) is 34.6 Å². The van der Waals surface area contributed by atoms with Crippen molar-refractivity contribution in [3.8, 4) is 0 Å². The van der Waals surface area contributed by atoms with Crippen molar-refractivity contribution >= 4 is 29.9 Å². The van der Waals surface area contributed by atoms with Crippen molar-refractivity contribution in [2.24, 2.45) is 5.41 Å². The number of methoxy groups -OCH3 is 1. The molecule has 1 amide bonds. The number of nitrogens with zero attached hydrogens (tertiary/aromatic N) is 1. The summed E-state index contributed by atoms with van der Waals surface area (Å²) in [5.41, 5.74) is 0.317. The lowest BCUT2D eigenvalue weighted by Gasteiger charge is -2.42. The summed E-state index contributed by atoms with van der Waals surface area (Å²) in [5.74, 6) is -0.333. The lowest BCUT2D eigenvalue weighted by molar-refractivity contribution is -0.155. The van der Waals surface area contributed by atoms with Gasteiger partial charge in [0.05, 0.1) is 30.2 Å². The molecule has 2 heterocycles. The van der Waals surface area contributed by atoms with Crippen LogP contribution in [0.25, 0.3) is 0 Å². The van der Waals surface area contributed by atoms with E-state index >= 15 is 0 Å². The molecule has 0 aliphatic carbocycles. The van der Waals surface area contributed by atoms with Crippen LogP contribution in [0.3, 0.4) is 0 Å². The zero-order valence-corrected chi connectivity index (χ0v) is 16.4. The summed E-state index contributed by atoms with van der Waals surface area (Å²) in [6.07, 6.45) is 1.24. The summed E-state index contributed by atoms with van der Waals surface area (Å²) in [6.45, 7) is 3.51. The molecule has 8 heteroatoms. The molecule has 1 N–H and O–H groups in total. The second-order valence-corrected chi connectivity index (χ2v) is 7.15. The van der Waals surface area contributed by atoms with Crippen molar-refractivity contribution in [2.75, 3.05) is 46.5 Å². The van der Waals surface area contributed by atoms with Crippen LogP contribution in [0.2, 0.25) is 5.02 Å². The van der Waals surface area contributed by atoms with Gasteiger partial charge in [-0.05, 0) is 43.6 Å². The summed E-state index contributed by atoms with van der Waals surface area (Å²) >= 11 is 5.88. The first-order valence-corrected chi connectivity index (χ1v) is 8.99. The number of nitrogens with one attached hydrogen (secondary N) is 1. The van der Waals surface area contributed by atoms with Gasteiger partial charge < -0.3 is 19.7 Å². The Kier molecular flexibility index (Phi) is 7.67. The van der Waals surface area contributed by atoms with Crippen LogP contribution in [0.15, 0.2) is 18.2 Å². The molecular weight excluding hydrogens is 382 g/mol. The number of halogens is 3. The third kappa shape index (κ3) is 4.49. The minimum atomic E-state index is -0.470. The highest BCUT2D eigenvalue weighted by Crippen LogP contribution is 2.34. The second kappa shape index (κ2) is 9.33. The van der Waals surface area contributed by atoms with Crippen LogP contribution in [0.1, 0.15) is 24.5 Å². The predicted molar refractivity (Wildman–Crippen MR) is 100 cm³/mol. The third-order valence-electron chi connectivity index (χ3n) is 5.10. The third-order valence-corrected chi connectivity index (χ3v) is 5.39. The molecule has 0 radical (unpaired) electrons. The number of ether oxygens (including phenoxy) is 2. The smallest absolute Gasteiger partial charge is 0.231 e. The lowest BCUT2D eigenvalue weighted by atomic mass is 9.78. The Morgan fingerprint density at radius 3 is 2.85 bits per heavy atom. The number of piperidine rings is 1. The number of amides is 1. The van der Waals surface area contributed by atoms with Gasteiger partial charge in [0.15, 0.2) is 0 Å². The Morgan fingerprint density at radius 2 is 2.19 bits per heavy atom. The molecular formula is C18H25Cl2FN2O3. The summed E-state index contributed by atoms with van der Waals surface area (Å²) in [6, 6.07) is 4.57. The molecule has 1 unspecified atom stereocenters. The zero-order chi connectivity index (χ0) is 17.9. The van der Waals surface area contributed by atoms with Gasteiger partial charge in [-0.3, -0.25) is 4.79 Å². The molecule has 146 valence electrons. The van der Waals surface area contributed by atoms with Crippen LogP contribution in [0.5, 0.6) is 0 Å². The van der Waals surface area contributed by atoms with E-state index < -0.39 is 11.2 Å². The molecule has 0 spiro atoms. The van der Waals surface area contributed by atoms with E-state index in [0.717, 1.165) is 31.5 Å². The van der Waals surface area contributed by atoms with Crippen molar-refractivity contribution < 1.29 is 18.7 Å². The van der Waals surface area contributed by atoms with Gasteiger partial charge in [0.1, 0.15) is 11.9 Å². The van der Waals surface area contributed by atoms with E-state index in [0.29, 0.717) is 26.3 Å². The highest BCUT2D eigenvalue weighted by Gasteiger charge is 2.43. The van der Waals surface area contributed by atoms with Gasteiger partial charge in [-0.1, -0.05) is 17.7 Å². The summed E-state index contributed by atoms with van der Waals surface area (Å²) in [5, 5.41) is 3.37. The minimum Gasteiger partial charge on any atom is -0.384 e. The fraction of sp³-hybridized carbons (Fsp3) is 0.611. The number of carbonyl (C=O) groups is 1. The predicted octanol–water partition coefficient (Wildman–Crippen LogP) is 2.82. The van der Waals surface area contributed by atoms with Crippen LogP contribution >= 0.6 is 24.0 Å². The fourth-order valence-corrected chi connectivity index (χ4v) is 3.87. The van der Waals surface area contributed by atoms with Gasteiger partial charge in [-0.2, -0.15) is 0 Å². The molecule has 3 rings (SSSR count). The Labute approximate surface area is 164 Å². The van der Waals surface area contributed by atoms with Crippen LogP contribution in [-0.2, 0) is 14.3 Å². The summed E-state index contributed by atoms with van der Waals surface area (Å²) in [7, 11) is 1.64. The normalized spacial score (nSPS) is 22.6. The molecule has 1 aromatic rings. The van der Waals surface area contributed by atoms with Gasteiger partial charge >= 0.3 is 0 Å². The van der Waals surface area contributed by atoms with E-state index in [1.54, 1.807) is 19.2 Å². The van der Waals surface area contributed by atoms with Crippen molar-refractivity contribution in [2.45, 2.75) is 18.9 Å². The van der Waals surface area contributed by atoms with Crippen molar-refractivity contribution in [1.82, 2.24) is 10.2 Å². The lowest BCUT2D eigenvalue weighted by Crippen LogP contribution is -2.54. The first-order chi connectivity index (χ1) is 12.1. The van der Waals surface area contributed by atoms with Gasteiger partial charge in [-0.25, -0.2) is 4.39 Å². The zero-order valence-electron chi connectivity index (χ0n) is 14.8. The minimum absolute atomic E-state index is 0. The van der Waals surface area contributed by atoms with E-state index in [4.69, 9.17) is 21.1 Å². The molecule has 1 atom stereocenters. The maximum atomic E-state index is 13.4. The highest BCUT2D eigenvalue weighted by atomic mass is 35.5. The van der Waals surface area contributed by atoms with E-state index in [2.05, 4.69) is 5.32 Å². The van der Waals surface area contributed by atoms with Gasteiger partial charge in [0.2, 0.25) is 5.91 Å². The average Bonchev–Trinajstić information content (AvgIpc) is 2.64. The van der Waals surface area contributed by atoms with Gasteiger partial charge in [0, 0.05) is 13.7 Å². The molecule has 0 bridgehead atoms. The monoisotopic (exact) mass is 406 g/mol. The molecule has 2 aliphatic heterocycles. The first kappa shape index (κ1) is 21.4. The number of rotatable bonds is 4. The van der Waals surface area contributed by atoms with Crippen molar-refractivity contribution in [3.63, 3.8) is 0 Å². The molecule has 5 nitrogen and oxygen atoms in total. The maximum Gasteiger partial charge on any atom is 0.231 e. The molecule has 2 aliphatic rings. The Bertz CT molecular complexity index is 621. The van der Waals surface area contributed by atoms with Gasteiger partial charge in [0.25, 0.3) is 0 Å². The number of hydrogen-bond donors (Lipinski definition) is 1. The standard InChI is InChI=1S/C18H24ClFN2O3.ClH/c1-24-12-18(4-6-21-7-5-18)17(23)22-8-9-25-16(11-22)13-2-3-15(20)14(19)10-13;/h2-3,10,16,21H,4-9,11-12H2,1H3;1H. The maximum absolute atomic E-state index is 13.4. The van der Waals surface area contributed by atoms with Crippen LogP contribution in [0, 0.1) is 11.2 Å². The van der Waals surface area contributed by atoms with Crippen molar-refractivity contribution in [1.29, 1.82) is 0 Å². The topological polar surface area (TPSA) is 50.8 Å². The van der Waals surface area contributed by atoms with Crippen LogP contribution in [-0.4, -0.2) is 57.3 Å². The average molecular weight is 407 g/mol. The highest BCUT2D eigenvalue weighted by molar-refractivity contribution is 6.30. The SMILES string of the molecule is COCC1(C(=O)N2CCOC(c3ccc(F)c(Cl)c3)C2)CCNCC1.Cl. The molecule has 2 fully saturated rings.